The number of phenolic OH excluding ortho intramolecular Hbond substituents is 1. The van der Waals surface area contributed by atoms with E-state index in [9.17, 15) is 31.3 Å². The Hall–Kier alpha value is -4.62. The third kappa shape index (κ3) is 6.00. The predicted octanol–water partition coefficient (Wildman–Crippen LogP) is 5.09. The molecule has 14 heteroatoms. The summed E-state index contributed by atoms with van der Waals surface area (Å²) in [5.41, 5.74) is 11.6. The fourth-order valence-corrected chi connectivity index (χ4v) is 5.86. The number of anilines is 1. The minimum Gasteiger partial charge on any atom is -0.507 e. The molecule has 0 aliphatic rings. The molecule has 206 valence electrons. The van der Waals surface area contributed by atoms with Crippen LogP contribution in [0.2, 0.25) is 0 Å². The van der Waals surface area contributed by atoms with Crippen molar-refractivity contribution in [3.8, 4) is 22.6 Å². The predicted molar refractivity (Wildman–Crippen MR) is 147 cm³/mol. The zero-order valence-electron chi connectivity index (χ0n) is 21.1. The van der Waals surface area contributed by atoms with Crippen LogP contribution in [0.4, 0.5) is 5.69 Å². The lowest BCUT2D eigenvalue weighted by molar-refractivity contribution is -0.114. The molecule has 1 amide bonds. The van der Waals surface area contributed by atoms with Crippen LogP contribution >= 0.6 is 0 Å². The summed E-state index contributed by atoms with van der Waals surface area (Å²) in [6, 6.07) is 15.8. The molecule has 0 spiro atoms. The van der Waals surface area contributed by atoms with Crippen molar-refractivity contribution in [1.82, 2.24) is 0 Å². The summed E-state index contributed by atoms with van der Waals surface area (Å²) in [5, 5.41) is 16.0. The molecule has 0 bridgehead atoms. The van der Waals surface area contributed by atoms with Gasteiger partial charge in [0, 0.05) is 21.4 Å². The highest BCUT2D eigenvalue weighted by atomic mass is 32.2. The van der Waals surface area contributed by atoms with Gasteiger partial charge in [-0.1, -0.05) is 29.4 Å². The Kier molecular flexibility index (Phi) is 7.71. The maximum absolute atomic E-state index is 13.3. The van der Waals surface area contributed by atoms with Gasteiger partial charge in [0.15, 0.2) is 0 Å². The van der Waals surface area contributed by atoms with E-state index < -0.39 is 35.9 Å². The number of nitrogens with zero attached hydrogens (tertiary/aromatic N) is 3. The second kappa shape index (κ2) is 10.9. The summed E-state index contributed by atoms with van der Waals surface area (Å²) in [6.45, 7) is 3.08. The van der Waals surface area contributed by atoms with Gasteiger partial charge in [0.05, 0.1) is 4.90 Å². The first-order chi connectivity index (χ1) is 18.8. The summed E-state index contributed by atoms with van der Waals surface area (Å²) in [7, 11) is -9.43. The molecule has 0 aromatic heterocycles. The Morgan fingerprint density at radius 3 is 2.25 bits per heavy atom. The van der Waals surface area contributed by atoms with Crippen molar-refractivity contribution in [2.45, 2.75) is 23.6 Å². The first-order valence-corrected chi connectivity index (χ1v) is 14.3. The number of azide groups is 1. The minimum absolute atomic E-state index is 0.00348. The zero-order valence-corrected chi connectivity index (χ0v) is 22.7. The third-order valence-corrected chi connectivity index (χ3v) is 8.07. The molecule has 4 aromatic rings. The van der Waals surface area contributed by atoms with Crippen molar-refractivity contribution in [2.75, 3.05) is 11.9 Å². The van der Waals surface area contributed by atoms with Crippen molar-refractivity contribution in [2.24, 2.45) is 5.11 Å². The lowest BCUT2D eigenvalue weighted by Gasteiger charge is -2.14. The van der Waals surface area contributed by atoms with Gasteiger partial charge in [-0.2, -0.15) is 16.8 Å². The number of aromatic hydroxyl groups is 1. The summed E-state index contributed by atoms with van der Waals surface area (Å²) >= 11 is 0. The topological polar surface area (TPSA) is 196 Å². The second-order valence-corrected chi connectivity index (χ2v) is 11.7. The van der Waals surface area contributed by atoms with Crippen LogP contribution in [0, 0.1) is 13.8 Å². The minimum atomic E-state index is -4.80. The van der Waals surface area contributed by atoms with E-state index in [0.29, 0.717) is 11.3 Å². The highest BCUT2D eigenvalue weighted by molar-refractivity contribution is 7.87. The van der Waals surface area contributed by atoms with E-state index in [1.54, 1.807) is 38.1 Å². The molecule has 0 saturated heterocycles. The second-order valence-electron chi connectivity index (χ2n) is 8.75. The molecular formula is C26H22N4O8S2. The number of phenols is 1. The first-order valence-electron chi connectivity index (χ1n) is 11.5. The van der Waals surface area contributed by atoms with Crippen LogP contribution in [0.3, 0.4) is 0 Å². The average Bonchev–Trinajstić information content (AvgIpc) is 2.89. The quantitative estimate of drug-likeness (QED) is 0.0839. The molecular weight excluding hydrogens is 560 g/mol. The molecule has 40 heavy (non-hydrogen) atoms. The SMILES string of the molecule is Cc1cc(-c2ccc(OS(=O)(=O)c3cc(S(=O)(=O)O)cc4c(O)cccc34)c(C)c2)ccc1NC(=O)CN=[N+]=[N-]. The standard InChI is InChI=1S/C26H22N4O8S2/c1-15-10-17(6-8-22(15)29-26(32)14-28-30-27)18-7-9-24(16(2)11-18)38-40(36,37)25-13-19(39(33,34)35)12-21-20(25)4-3-5-23(21)31/h3-13,31H,14H2,1-2H3,(H,29,32)(H,33,34,35). The van der Waals surface area contributed by atoms with Crippen LogP contribution in [0.25, 0.3) is 32.3 Å². The Morgan fingerprint density at radius 2 is 1.62 bits per heavy atom. The molecule has 0 fully saturated rings. The zero-order chi connectivity index (χ0) is 29.2. The molecule has 4 rings (SSSR count). The van der Waals surface area contributed by atoms with Gasteiger partial charge < -0.3 is 14.6 Å². The Morgan fingerprint density at radius 1 is 0.950 bits per heavy atom. The van der Waals surface area contributed by atoms with Crippen LogP contribution in [0.15, 0.2) is 81.6 Å². The van der Waals surface area contributed by atoms with Crippen LogP contribution in [-0.4, -0.2) is 38.9 Å². The van der Waals surface area contributed by atoms with Crippen LogP contribution in [-0.2, 0) is 25.0 Å². The summed E-state index contributed by atoms with van der Waals surface area (Å²) in [4.78, 5) is 13.1. The molecule has 0 saturated carbocycles. The molecule has 3 N–H and O–H groups in total. The number of aryl methyl sites for hydroxylation is 2. The largest absolute Gasteiger partial charge is 0.507 e. The Balaban J connectivity index is 1.66. The summed E-state index contributed by atoms with van der Waals surface area (Å²) < 4.78 is 65.1. The molecule has 4 aromatic carbocycles. The number of hydrogen-bond donors (Lipinski definition) is 3. The maximum atomic E-state index is 13.3. The fraction of sp³-hybridized carbons (Fsp3) is 0.115. The van der Waals surface area contributed by atoms with Gasteiger partial charge in [-0.3, -0.25) is 9.35 Å². The highest BCUT2D eigenvalue weighted by Gasteiger charge is 2.25. The van der Waals surface area contributed by atoms with Gasteiger partial charge in [-0.15, -0.1) is 0 Å². The summed E-state index contributed by atoms with van der Waals surface area (Å²) in [6.07, 6.45) is 0. The number of fused-ring (bicyclic) bond motifs is 1. The van der Waals surface area contributed by atoms with E-state index in [4.69, 9.17) is 9.71 Å². The molecule has 0 unspecified atom stereocenters. The lowest BCUT2D eigenvalue weighted by Crippen LogP contribution is -2.15. The number of rotatable bonds is 8. The maximum Gasteiger partial charge on any atom is 0.339 e. The number of nitrogens with one attached hydrogen (secondary N) is 1. The Labute approximate surface area is 229 Å². The average molecular weight is 583 g/mol. The van der Waals surface area contributed by atoms with Crippen molar-refractivity contribution in [3.63, 3.8) is 0 Å². The van der Waals surface area contributed by atoms with E-state index in [-0.39, 0.29) is 28.8 Å². The fourth-order valence-electron chi connectivity index (χ4n) is 4.02. The van der Waals surface area contributed by atoms with Crippen LogP contribution in [0.5, 0.6) is 11.5 Å². The van der Waals surface area contributed by atoms with Crippen molar-refractivity contribution >= 4 is 42.6 Å². The normalized spacial score (nSPS) is 11.6. The summed E-state index contributed by atoms with van der Waals surface area (Å²) in [5.74, 6) is -0.859. The van der Waals surface area contributed by atoms with E-state index in [1.165, 1.54) is 24.3 Å². The van der Waals surface area contributed by atoms with E-state index in [1.807, 2.05) is 6.07 Å². The number of amides is 1. The lowest BCUT2D eigenvalue weighted by atomic mass is 10.0. The molecule has 0 heterocycles. The van der Waals surface area contributed by atoms with Crippen LogP contribution in [0.1, 0.15) is 11.1 Å². The number of carbonyl (C=O) groups excluding carboxylic acids is 1. The van der Waals surface area contributed by atoms with E-state index >= 15 is 0 Å². The van der Waals surface area contributed by atoms with Crippen molar-refractivity contribution < 1.29 is 35.5 Å². The van der Waals surface area contributed by atoms with Crippen LogP contribution < -0.4 is 9.50 Å². The third-order valence-electron chi connectivity index (χ3n) is 5.96. The number of hydrogen-bond acceptors (Lipinski definition) is 8. The number of benzene rings is 4. The highest BCUT2D eigenvalue weighted by Crippen LogP contribution is 2.35. The number of carbonyl (C=O) groups is 1. The Bertz CT molecular complexity index is 1930. The van der Waals surface area contributed by atoms with Gasteiger partial charge in [0.25, 0.3) is 10.1 Å². The molecule has 0 atom stereocenters. The van der Waals surface area contributed by atoms with Gasteiger partial charge in [0.1, 0.15) is 22.9 Å². The molecule has 0 aliphatic carbocycles. The van der Waals surface area contributed by atoms with Gasteiger partial charge in [-0.25, -0.2) is 0 Å². The molecule has 12 nitrogen and oxygen atoms in total. The molecule has 0 radical (unpaired) electrons. The van der Waals surface area contributed by atoms with E-state index in [0.717, 1.165) is 28.8 Å². The van der Waals surface area contributed by atoms with Gasteiger partial charge in [-0.05, 0) is 84.1 Å². The van der Waals surface area contributed by atoms with Crippen molar-refractivity contribution in [1.29, 1.82) is 0 Å². The van der Waals surface area contributed by atoms with E-state index in [2.05, 4.69) is 15.3 Å². The van der Waals surface area contributed by atoms with Gasteiger partial charge >= 0.3 is 10.1 Å². The first kappa shape index (κ1) is 28.4. The molecule has 0 aliphatic heterocycles. The monoisotopic (exact) mass is 582 g/mol. The van der Waals surface area contributed by atoms with Crippen molar-refractivity contribution in [3.05, 3.63) is 88.3 Å². The smallest absolute Gasteiger partial charge is 0.339 e. The van der Waals surface area contributed by atoms with Gasteiger partial charge in [0.2, 0.25) is 5.91 Å².